The third-order valence-corrected chi connectivity index (χ3v) is 4.27. The number of carbonyl (C=O) groups excluding carboxylic acids is 2. The van der Waals surface area contributed by atoms with Crippen LogP contribution in [0.15, 0.2) is 30.3 Å². The first-order valence-electron chi connectivity index (χ1n) is 9.04. The van der Waals surface area contributed by atoms with Crippen molar-refractivity contribution in [3.63, 3.8) is 0 Å². The van der Waals surface area contributed by atoms with Gasteiger partial charge in [0.05, 0.1) is 38.0 Å². The van der Waals surface area contributed by atoms with Crippen LogP contribution in [0.3, 0.4) is 0 Å². The normalized spacial score (nSPS) is 16.6. The van der Waals surface area contributed by atoms with E-state index in [9.17, 15) is 14.0 Å². The van der Waals surface area contributed by atoms with Gasteiger partial charge in [0.15, 0.2) is 17.3 Å². The Labute approximate surface area is 161 Å². The summed E-state index contributed by atoms with van der Waals surface area (Å²) in [4.78, 5) is 26.2. The van der Waals surface area contributed by atoms with E-state index in [0.29, 0.717) is 18.8 Å². The fourth-order valence-corrected chi connectivity index (χ4v) is 2.91. The molecule has 1 unspecified atom stereocenters. The van der Waals surface area contributed by atoms with E-state index >= 15 is 0 Å². The van der Waals surface area contributed by atoms with Crippen LogP contribution in [0, 0.1) is 5.82 Å². The van der Waals surface area contributed by atoms with Gasteiger partial charge < -0.3 is 19.1 Å². The van der Waals surface area contributed by atoms with E-state index in [2.05, 4.69) is 10.2 Å². The molecule has 9 heteroatoms. The summed E-state index contributed by atoms with van der Waals surface area (Å²) in [5, 5.41) is 6.75. The Kier molecular flexibility index (Phi) is 6.59. The van der Waals surface area contributed by atoms with E-state index in [1.165, 1.54) is 12.1 Å². The van der Waals surface area contributed by atoms with Gasteiger partial charge in [-0.15, -0.1) is 0 Å². The number of carbonyl (C=O) groups is 2. The number of morpholine rings is 1. The Hall–Kier alpha value is -2.94. The minimum Gasteiger partial charge on any atom is -0.484 e. The fraction of sp³-hybridized carbons (Fsp3) is 0.421. The molecule has 2 aromatic rings. The number of H-pyrrole nitrogens is 1. The second-order valence-corrected chi connectivity index (χ2v) is 6.23. The number of nitrogens with one attached hydrogen (secondary N) is 1. The SMILES string of the molecule is CCOC(=O)CC1COCCN1C(=O)c1cc(COc2ccccc2F)[nH]n1. The zero-order valence-corrected chi connectivity index (χ0v) is 15.5. The Bertz CT molecular complexity index is 825. The van der Waals surface area contributed by atoms with Gasteiger partial charge in [0.2, 0.25) is 0 Å². The number of nitrogens with zero attached hydrogens (tertiary/aromatic N) is 2. The molecule has 1 aromatic heterocycles. The molecule has 0 radical (unpaired) electrons. The zero-order chi connectivity index (χ0) is 19.9. The first kappa shape index (κ1) is 19.8. The number of esters is 1. The Morgan fingerprint density at radius 1 is 1.39 bits per heavy atom. The van der Waals surface area contributed by atoms with Crippen LogP contribution in [0.25, 0.3) is 0 Å². The number of hydrogen-bond donors (Lipinski definition) is 1. The standard InChI is InChI=1S/C19H22FN3O5/c1-2-27-18(24)10-14-12-26-8-7-23(14)19(25)16-9-13(21-22-16)11-28-17-6-4-3-5-15(17)20/h3-6,9,14H,2,7-8,10-12H2,1H3,(H,21,22). The highest BCUT2D eigenvalue weighted by Crippen LogP contribution is 2.18. The number of para-hydroxylation sites is 1. The van der Waals surface area contributed by atoms with Crippen LogP contribution in [0.4, 0.5) is 4.39 Å². The lowest BCUT2D eigenvalue weighted by Crippen LogP contribution is -2.49. The maximum Gasteiger partial charge on any atom is 0.307 e. The Morgan fingerprint density at radius 3 is 3.00 bits per heavy atom. The van der Waals surface area contributed by atoms with Gasteiger partial charge in [0.1, 0.15) is 6.61 Å². The maximum absolute atomic E-state index is 13.6. The van der Waals surface area contributed by atoms with Crippen molar-refractivity contribution in [2.75, 3.05) is 26.4 Å². The Balaban J connectivity index is 1.63. The topological polar surface area (TPSA) is 93.8 Å². The number of rotatable bonds is 7. The van der Waals surface area contributed by atoms with E-state index in [-0.39, 0.29) is 49.6 Å². The molecular weight excluding hydrogens is 369 g/mol. The van der Waals surface area contributed by atoms with Crippen LogP contribution in [-0.4, -0.2) is 59.4 Å². The fourth-order valence-electron chi connectivity index (χ4n) is 2.91. The first-order chi connectivity index (χ1) is 13.6. The van der Waals surface area contributed by atoms with E-state index in [1.54, 1.807) is 30.0 Å². The summed E-state index contributed by atoms with van der Waals surface area (Å²) in [5.74, 6) is -1.04. The number of aromatic amines is 1. The van der Waals surface area contributed by atoms with Crippen molar-refractivity contribution in [1.29, 1.82) is 0 Å². The number of benzene rings is 1. The summed E-state index contributed by atoms with van der Waals surface area (Å²) in [6.45, 7) is 3.06. The van der Waals surface area contributed by atoms with Gasteiger partial charge in [-0.05, 0) is 25.1 Å². The third kappa shape index (κ3) is 4.86. The van der Waals surface area contributed by atoms with Crippen molar-refractivity contribution in [3.8, 4) is 5.75 Å². The van der Waals surface area contributed by atoms with E-state index in [4.69, 9.17) is 14.2 Å². The molecule has 0 aliphatic carbocycles. The largest absolute Gasteiger partial charge is 0.484 e. The van der Waals surface area contributed by atoms with Crippen LogP contribution >= 0.6 is 0 Å². The minimum atomic E-state index is -0.464. The summed E-state index contributed by atoms with van der Waals surface area (Å²) in [7, 11) is 0. The molecule has 1 fully saturated rings. The van der Waals surface area contributed by atoms with E-state index < -0.39 is 11.9 Å². The molecule has 1 saturated heterocycles. The molecule has 1 aliphatic heterocycles. The molecule has 1 amide bonds. The van der Waals surface area contributed by atoms with Crippen molar-refractivity contribution < 1.29 is 28.2 Å². The van der Waals surface area contributed by atoms with Crippen LogP contribution < -0.4 is 4.74 Å². The van der Waals surface area contributed by atoms with Gasteiger partial charge >= 0.3 is 5.97 Å². The molecule has 0 bridgehead atoms. The van der Waals surface area contributed by atoms with Crippen molar-refractivity contribution in [2.45, 2.75) is 26.0 Å². The number of amides is 1. The number of hydrogen-bond acceptors (Lipinski definition) is 6. The van der Waals surface area contributed by atoms with Crippen molar-refractivity contribution >= 4 is 11.9 Å². The molecule has 1 aliphatic rings. The molecule has 28 heavy (non-hydrogen) atoms. The van der Waals surface area contributed by atoms with Gasteiger partial charge in [0, 0.05) is 6.54 Å². The monoisotopic (exact) mass is 391 g/mol. The molecule has 150 valence electrons. The predicted molar refractivity (Wildman–Crippen MR) is 96.2 cm³/mol. The minimum absolute atomic E-state index is 0.0383. The maximum atomic E-state index is 13.6. The van der Waals surface area contributed by atoms with Crippen LogP contribution in [0.1, 0.15) is 29.5 Å². The number of ether oxygens (including phenoxy) is 3. The average Bonchev–Trinajstić information content (AvgIpc) is 3.16. The van der Waals surface area contributed by atoms with E-state index in [1.807, 2.05) is 0 Å². The average molecular weight is 391 g/mol. The van der Waals surface area contributed by atoms with Gasteiger partial charge in [-0.3, -0.25) is 14.7 Å². The first-order valence-corrected chi connectivity index (χ1v) is 9.04. The third-order valence-electron chi connectivity index (χ3n) is 4.27. The molecule has 3 rings (SSSR count). The highest BCUT2D eigenvalue weighted by atomic mass is 19.1. The number of halogens is 1. The lowest BCUT2D eigenvalue weighted by molar-refractivity contribution is -0.145. The second kappa shape index (κ2) is 9.32. The number of aromatic nitrogens is 2. The smallest absolute Gasteiger partial charge is 0.307 e. The Morgan fingerprint density at radius 2 is 2.21 bits per heavy atom. The van der Waals surface area contributed by atoms with Crippen LogP contribution in [0.5, 0.6) is 5.75 Å². The molecular formula is C19H22FN3O5. The molecule has 2 heterocycles. The molecule has 8 nitrogen and oxygen atoms in total. The van der Waals surface area contributed by atoms with Gasteiger partial charge in [0.25, 0.3) is 5.91 Å². The molecule has 1 aromatic carbocycles. The summed E-state index contributed by atoms with van der Waals surface area (Å²) in [6, 6.07) is 7.22. The van der Waals surface area contributed by atoms with Gasteiger partial charge in [-0.25, -0.2) is 4.39 Å². The summed E-state index contributed by atoms with van der Waals surface area (Å²) >= 11 is 0. The van der Waals surface area contributed by atoms with Gasteiger partial charge in [-0.1, -0.05) is 12.1 Å². The highest BCUT2D eigenvalue weighted by molar-refractivity contribution is 5.93. The molecule has 0 saturated carbocycles. The van der Waals surface area contributed by atoms with Crippen molar-refractivity contribution in [1.82, 2.24) is 15.1 Å². The summed E-state index contributed by atoms with van der Waals surface area (Å²) < 4.78 is 29.4. The van der Waals surface area contributed by atoms with Crippen LogP contribution in [0.2, 0.25) is 0 Å². The predicted octanol–water partition coefficient (Wildman–Crippen LogP) is 1.92. The highest BCUT2D eigenvalue weighted by Gasteiger charge is 2.31. The lowest BCUT2D eigenvalue weighted by atomic mass is 10.1. The summed E-state index contributed by atoms with van der Waals surface area (Å²) in [6.07, 6.45) is 0.0628. The zero-order valence-electron chi connectivity index (χ0n) is 15.5. The molecule has 1 atom stereocenters. The van der Waals surface area contributed by atoms with Crippen molar-refractivity contribution in [2.24, 2.45) is 0 Å². The lowest BCUT2D eigenvalue weighted by Gasteiger charge is -2.34. The second-order valence-electron chi connectivity index (χ2n) is 6.23. The molecule has 0 spiro atoms. The van der Waals surface area contributed by atoms with Gasteiger partial charge in [-0.2, -0.15) is 5.10 Å². The molecule has 1 N–H and O–H groups in total. The summed E-state index contributed by atoms with van der Waals surface area (Å²) in [5.41, 5.74) is 0.727. The van der Waals surface area contributed by atoms with Crippen molar-refractivity contribution in [3.05, 3.63) is 47.5 Å². The quantitative estimate of drug-likeness (QED) is 0.725. The van der Waals surface area contributed by atoms with Crippen LogP contribution in [-0.2, 0) is 20.9 Å². The van der Waals surface area contributed by atoms with E-state index in [0.717, 1.165) is 0 Å².